The molecule has 0 aliphatic carbocycles. The first-order valence-electron chi connectivity index (χ1n) is 8.87. The van der Waals surface area contributed by atoms with Crippen molar-refractivity contribution in [2.75, 3.05) is 26.7 Å². The number of pyridine rings is 1. The van der Waals surface area contributed by atoms with E-state index in [2.05, 4.69) is 41.2 Å². The maximum atomic E-state index is 12.8. The Hall–Kier alpha value is -2.40. The Morgan fingerprint density at radius 1 is 1.12 bits per heavy atom. The maximum absolute atomic E-state index is 12.8. The second kappa shape index (κ2) is 6.48. The fourth-order valence-electron chi connectivity index (χ4n) is 4.49. The number of nitrogens with one attached hydrogen (secondary N) is 1. The standard InChI is InChI=1S/C20H23N3O2/c1-22-12-16(14-6-3-2-4-7-14)17-13-23(11-9-18(17)22)20(25)15-8-5-10-21-19(15)24/h2-8,10,16-18H,9,11-13H2,1H3,(H,21,24)/t16-,17-,18-/m1/s1. The van der Waals surface area contributed by atoms with Gasteiger partial charge in [-0.15, -0.1) is 0 Å². The van der Waals surface area contributed by atoms with Crippen molar-refractivity contribution in [3.05, 3.63) is 70.1 Å². The van der Waals surface area contributed by atoms with Crippen molar-refractivity contribution < 1.29 is 4.79 Å². The molecule has 2 aliphatic heterocycles. The van der Waals surface area contributed by atoms with Crippen LogP contribution in [0.4, 0.5) is 0 Å². The van der Waals surface area contributed by atoms with Gasteiger partial charge < -0.3 is 14.8 Å². The van der Waals surface area contributed by atoms with Crippen molar-refractivity contribution in [1.82, 2.24) is 14.8 Å². The van der Waals surface area contributed by atoms with Crippen LogP contribution < -0.4 is 5.56 Å². The van der Waals surface area contributed by atoms with Gasteiger partial charge in [0.05, 0.1) is 0 Å². The summed E-state index contributed by atoms with van der Waals surface area (Å²) in [5, 5.41) is 0. The molecule has 0 unspecified atom stereocenters. The molecule has 1 aromatic carbocycles. The van der Waals surface area contributed by atoms with E-state index in [0.29, 0.717) is 31.0 Å². The number of piperidine rings is 1. The number of hydrogen-bond acceptors (Lipinski definition) is 3. The van der Waals surface area contributed by atoms with Gasteiger partial charge in [-0.3, -0.25) is 9.59 Å². The van der Waals surface area contributed by atoms with E-state index in [4.69, 9.17) is 0 Å². The SMILES string of the molecule is CN1C[C@H](c2ccccc2)[C@H]2CN(C(=O)c3ccc[nH]c3=O)CC[C@H]21. The summed E-state index contributed by atoms with van der Waals surface area (Å²) in [4.78, 5) is 31.7. The van der Waals surface area contributed by atoms with E-state index in [9.17, 15) is 9.59 Å². The molecule has 3 heterocycles. The zero-order chi connectivity index (χ0) is 17.4. The quantitative estimate of drug-likeness (QED) is 0.911. The molecule has 5 heteroatoms. The van der Waals surface area contributed by atoms with Crippen molar-refractivity contribution in [3.63, 3.8) is 0 Å². The highest BCUT2D eigenvalue weighted by atomic mass is 16.2. The van der Waals surface area contributed by atoms with E-state index < -0.39 is 0 Å². The summed E-state index contributed by atoms with van der Waals surface area (Å²) < 4.78 is 0. The third-order valence-corrected chi connectivity index (χ3v) is 5.75. The summed E-state index contributed by atoms with van der Waals surface area (Å²) in [6.45, 7) is 2.44. The molecule has 0 spiro atoms. The number of benzene rings is 1. The molecule has 4 rings (SSSR count). The highest BCUT2D eigenvalue weighted by Crippen LogP contribution is 2.40. The minimum Gasteiger partial charge on any atom is -0.338 e. The molecule has 2 saturated heterocycles. The van der Waals surface area contributed by atoms with E-state index in [-0.39, 0.29) is 17.0 Å². The predicted octanol–water partition coefficient (Wildman–Crippen LogP) is 1.93. The fraction of sp³-hybridized carbons (Fsp3) is 0.400. The Morgan fingerprint density at radius 2 is 1.92 bits per heavy atom. The minimum absolute atomic E-state index is 0.151. The Bertz CT molecular complexity index is 817. The lowest BCUT2D eigenvalue weighted by Gasteiger charge is -2.38. The number of aromatic amines is 1. The molecule has 5 nitrogen and oxygen atoms in total. The number of fused-ring (bicyclic) bond motifs is 1. The summed E-state index contributed by atoms with van der Waals surface area (Å²) in [5.74, 6) is 0.690. The summed E-state index contributed by atoms with van der Waals surface area (Å²) in [7, 11) is 2.18. The molecule has 1 aromatic heterocycles. The van der Waals surface area contributed by atoms with E-state index >= 15 is 0 Å². The number of hydrogen-bond donors (Lipinski definition) is 1. The van der Waals surface area contributed by atoms with Gasteiger partial charge in [0, 0.05) is 43.7 Å². The summed E-state index contributed by atoms with van der Waals surface area (Å²) in [5.41, 5.74) is 1.27. The first-order chi connectivity index (χ1) is 12.1. The number of nitrogens with zero attached hydrogens (tertiary/aromatic N) is 2. The molecule has 1 N–H and O–H groups in total. The van der Waals surface area contributed by atoms with Gasteiger partial charge in [-0.1, -0.05) is 30.3 Å². The number of rotatable bonds is 2. The van der Waals surface area contributed by atoms with Gasteiger partial charge >= 0.3 is 0 Å². The second-order valence-electron chi connectivity index (χ2n) is 7.14. The Labute approximate surface area is 147 Å². The van der Waals surface area contributed by atoms with Crippen LogP contribution in [0, 0.1) is 5.92 Å². The maximum Gasteiger partial charge on any atom is 0.260 e. The van der Waals surface area contributed by atoms with Crippen LogP contribution in [0.25, 0.3) is 0 Å². The fourth-order valence-corrected chi connectivity index (χ4v) is 4.49. The number of likely N-dealkylation sites (tertiary alicyclic amines) is 2. The lowest BCUT2D eigenvalue weighted by molar-refractivity contribution is 0.0606. The Morgan fingerprint density at radius 3 is 2.68 bits per heavy atom. The van der Waals surface area contributed by atoms with Crippen LogP contribution in [0.15, 0.2) is 53.5 Å². The summed E-state index contributed by atoms with van der Waals surface area (Å²) in [6.07, 6.45) is 2.52. The van der Waals surface area contributed by atoms with Crippen LogP contribution >= 0.6 is 0 Å². The third kappa shape index (κ3) is 2.89. The molecule has 0 radical (unpaired) electrons. The van der Waals surface area contributed by atoms with Crippen LogP contribution in [-0.4, -0.2) is 53.4 Å². The normalized spacial score (nSPS) is 26.4. The topological polar surface area (TPSA) is 56.4 Å². The molecule has 0 saturated carbocycles. The van der Waals surface area contributed by atoms with Gasteiger partial charge in [0.15, 0.2) is 0 Å². The number of carbonyl (C=O) groups is 1. The Balaban J connectivity index is 1.58. The van der Waals surface area contributed by atoms with E-state index in [1.807, 2.05) is 11.0 Å². The van der Waals surface area contributed by atoms with Crippen LogP contribution in [0.1, 0.15) is 28.3 Å². The van der Waals surface area contributed by atoms with Gasteiger partial charge in [-0.2, -0.15) is 0 Å². The first kappa shape index (κ1) is 16.1. The lowest BCUT2D eigenvalue weighted by Crippen LogP contribution is -2.48. The molecule has 2 aliphatic rings. The molecule has 25 heavy (non-hydrogen) atoms. The highest BCUT2D eigenvalue weighted by molar-refractivity contribution is 5.93. The average molecular weight is 337 g/mol. The molecular formula is C20H23N3O2. The molecule has 2 aromatic rings. The zero-order valence-electron chi connectivity index (χ0n) is 14.4. The van der Waals surface area contributed by atoms with Crippen molar-refractivity contribution in [2.24, 2.45) is 5.92 Å². The first-order valence-corrected chi connectivity index (χ1v) is 8.87. The monoisotopic (exact) mass is 337 g/mol. The van der Waals surface area contributed by atoms with Crippen molar-refractivity contribution in [1.29, 1.82) is 0 Å². The van der Waals surface area contributed by atoms with Crippen LogP contribution in [-0.2, 0) is 0 Å². The molecule has 1 amide bonds. The average Bonchev–Trinajstić information content (AvgIpc) is 2.98. The van der Waals surface area contributed by atoms with Crippen LogP contribution in [0.3, 0.4) is 0 Å². The van der Waals surface area contributed by atoms with E-state index in [1.54, 1.807) is 18.3 Å². The van der Waals surface area contributed by atoms with Crippen LogP contribution in [0.2, 0.25) is 0 Å². The lowest BCUT2D eigenvalue weighted by atomic mass is 9.81. The predicted molar refractivity (Wildman–Crippen MR) is 96.7 cm³/mol. The number of likely N-dealkylation sites (N-methyl/N-ethyl adjacent to an activating group) is 1. The smallest absolute Gasteiger partial charge is 0.260 e. The number of carbonyl (C=O) groups excluding carboxylic acids is 1. The van der Waals surface area contributed by atoms with Gasteiger partial charge in [0.2, 0.25) is 0 Å². The molecule has 3 atom stereocenters. The van der Waals surface area contributed by atoms with Gasteiger partial charge in [0.25, 0.3) is 11.5 Å². The summed E-state index contributed by atoms with van der Waals surface area (Å²) >= 11 is 0. The number of amides is 1. The molecule has 2 fully saturated rings. The second-order valence-corrected chi connectivity index (χ2v) is 7.14. The van der Waals surface area contributed by atoms with Crippen LogP contribution in [0.5, 0.6) is 0 Å². The van der Waals surface area contributed by atoms with Crippen molar-refractivity contribution in [2.45, 2.75) is 18.4 Å². The van der Waals surface area contributed by atoms with E-state index in [0.717, 1.165) is 13.0 Å². The number of H-pyrrole nitrogens is 1. The molecule has 0 bridgehead atoms. The molecule has 130 valence electrons. The van der Waals surface area contributed by atoms with Gasteiger partial charge in [-0.05, 0) is 31.2 Å². The van der Waals surface area contributed by atoms with Gasteiger partial charge in [0.1, 0.15) is 5.56 Å². The van der Waals surface area contributed by atoms with Crippen molar-refractivity contribution in [3.8, 4) is 0 Å². The zero-order valence-corrected chi connectivity index (χ0v) is 14.4. The Kier molecular flexibility index (Phi) is 4.17. The largest absolute Gasteiger partial charge is 0.338 e. The number of aromatic nitrogens is 1. The van der Waals surface area contributed by atoms with Gasteiger partial charge in [-0.25, -0.2) is 0 Å². The molecular weight excluding hydrogens is 314 g/mol. The summed E-state index contributed by atoms with van der Waals surface area (Å²) in [6, 6.07) is 14.4. The van der Waals surface area contributed by atoms with Crippen molar-refractivity contribution >= 4 is 5.91 Å². The van der Waals surface area contributed by atoms with E-state index in [1.165, 1.54) is 5.56 Å². The third-order valence-electron chi connectivity index (χ3n) is 5.75. The minimum atomic E-state index is -0.308. The highest BCUT2D eigenvalue weighted by Gasteiger charge is 2.44.